The van der Waals surface area contributed by atoms with Gasteiger partial charge in [0.05, 0.1) is 33.3 Å². The molecule has 2 aromatic carbocycles. The number of benzene rings is 2. The molecule has 7 heteroatoms. The molecule has 1 saturated heterocycles. The molecule has 2 N–H and O–H groups in total. The van der Waals surface area contributed by atoms with Gasteiger partial charge in [0.25, 0.3) is 5.91 Å². The first kappa shape index (κ1) is 17.5. The second-order valence-electron chi connectivity index (χ2n) is 6.73. The van der Waals surface area contributed by atoms with Gasteiger partial charge in [-0.15, -0.1) is 0 Å². The number of carbonyl (C=O) groups is 1. The van der Waals surface area contributed by atoms with E-state index in [1.165, 1.54) is 10.6 Å². The Morgan fingerprint density at radius 3 is 2.78 bits per heavy atom. The molecule has 1 amide bonds. The molecule has 4 rings (SSSR count). The molecule has 7 nitrogen and oxygen atoms in total. The number of methoxy groups -OCH3 is 1. The fourth-order valence-corrected chi connectivity index (χ4v) is 3.47. The van der Waals surface area contributed by atoms with Gasteiger partial charge in [0.2, 0.25) is 6.79 Å². The molecule has 0 atom stereocenters. The van der Waals surface area contributed by atoms with Crippen LogP contribution in [-0.2, 0) is 4.79 Å². The Kier molecular flexibility index (Phi) is 5.02. The first-order valence-corrected chi connectivity index (χ1v) is 9.13. The minimum Gasteiger partial charge on any atom is -0.497 e. The summed E-state index contributed by atoms with van der Waals surface area (Å²) >= 11 is 0. The van der Waals surface area contributed by atoms with E-state index in [-0.39, 0.29) is 12.7 Å². The fourth-order valence-electron chi connectivity index (χ4n) is 3.47. The topological polar surface area (TPSA) is 64.5 Å². The predicted octanol–water partition coefficient (Wildman–Crippen LogP) is 0.768. The van der Waals surface area contributed by atoms with Crippen LogP contribution in [0.2, 0.25) is 0 Å². The van der Waals surface area contributed by atoms with Crippen LogP contribution in [-0.4, -0.2) is 52.5 Å². The molecule has 2 heterocycles. The van der Waals surface area contributed by atoms with Crippen LogP contribution in [0.5, 0.6) is 17.2 Å². The van der Waals surface area contributed by atoms with E-state index in [1.807, 2.05) is 24.3 Å². The van der Waals surface area contributed by atoms with Crippen molar-refractivity contribution in [3.05, 3.63) is 42.5 Å². The maximum Gasteiger partial charge on any atom is 0.279 e. The normalized spacial score (nSPS) is 16.3. The molecule has 0 saturated carbocycles. The summed E-state index contributed by atoms with van der Waals surface area (Å²) in [4.78, 5) is 16.0. The van der Waals surface area contributed by atoms with E-state index < -0.39 is 0 Å². The van der Waals surface area contributed by atoms with Crippen LogP contribution in [0.4, 0.5) is 11.4 Å². The van der Waals surface area contributed by atoms with Gasteiger partial charge in [0.1, 0.15) is 5.75 Å². The molecule has 2 aliphatic heterocycles. The maximum absolute atomic E-state index is 12.4. The van der Waals surface area contributed by atoms with Crippen LogP contribution in [0.1, 0.15) is 0 Å². The third kappa shape index (κ3) is 4.09. The van der Waals surface area contributed by atoms with E-state index in [9.17, 15) is 4.79 Å². The number of ether oxygens (including phenoxy) is 3. The van der Waals surface area contributed by atoms with E-state index in [0.717, 1.165) is 37.6 Å². The highest BCUT2D eigenvalue weighted by Gasteiger charge is 2.23. The Balaban J connectivity index is 1.28. The van der Waals surface area contributed by atoms with Gasteiger partial charge >= 0.3 is 0 Å². The lowest BCUT2D eigenvalue weighted by molar-refractivity contribution is -0.892. The van der Waals surface area contributed by atoms with Gasteiger partial charge in [-0.05, 0) is 24.3 Å². The molecule has 27 heavy (non-hydrogen) atoms. The maximum atomic E-state index is 12.4. The first-order chi connectivity index (χ1) is 13.2. The van der Waals surface area contributed by atoms with E-state index in [2.05, 4.69) is 22.3 Å². The highest BCUT2D eigenvalue weighted by atomic mass is 16.7. The summed E-state index contributed by atoms with van der Waals surface area (Å²) in [5.74, 6) is 2.27. The third-order valence-electron chi connectivity index (χ3n) is 4.96. The van der Waals surface area contributed by atoms with E-state index in [0.29, 0.717) is 18.0 Å². The Morgan fingerprint density at radius 2 is 1.96 bits per heavy atom. The lowest BCUT2D eigenvalue weighted by Gasteiger charge is -2.33. The molecule has 2 aliphatic rings. The number of nitrogens with zero attached hydrogens (tertiary/aromatic N) is 1. The van der Waals surface area contributed by atoms with E-state index >= 15 is 0 Å². The zero-order valence-corrected chi connectivity index (χ0v) is 15.4. The van der Waals surface area contributed by atoms with Gasteiger partial charge in [-0.2, -0.15) is 0 Å². The third-order valence-corrected chi connectivity index (χ3v) is 4.96. The van der Waals surface area contributed by atoms with Crippen molar-refractivity contribution < 1.29 is 23.9 Å². The minimum atomic E-state index is 0.0127. The summed E-state index contributed by atoms with van der Waals surface area (Å²) in [7, 11) is 1.68. The number of quaternary nitrogens is 1. The molecule has 0 bridgehead atoms. The lowest BCUT2D eigenvalue weighted by Crippen LogP contribution is -3.15. The SMILES string of the molecule is COc1cccc(N2CC[NH+](CC(=O)Nc3ccc4c(c3)OCO4)CC2)c1. The van der Waals surface area contributed by atoms with Crippen molar-refractivity contribution in [3.63, 3.8) is 0 Å². The highest BCUT2D eigenvalue weighted by Crippen LogP contribution is 2.34. The van der Waals surface area contributed by atoms with Crippen molar-refractivity contribution in [1.82, 2.24) is 0 Å². The van der Waals surface area contributed by atoms with Crippen LogP contribution in [0, 0.1) is 0 Å². The van der Waals surface area contributed by atoms with Crippen molar-refractivity contribution in [2.24, 2.45) is 0 Å². The largest absolute Gasteiger partial charge is 0.497 e. The second kappa shape index (κ2) is 7.75. The van der Waals surface area contributed by atoms with Gasteiger partial charge in [0.15, 0.2) is 18.0 Å². The van der Waals surface area contributed by atoms with Crippen LogP contribution in [0.15, 0.2) is 42.5 Å². The summed E-state index contributed by atoms with van der Waals surface area (Å²) in [6.07, 6.45) is 0. The number of anilines is 2. The van der Waals surface area contributed by atoms with Crippen LogP contribution < -0.4 is 29.3 Å². The van der Waals surface area contributed by atoms with Crippen LogP contribution in [0.3, 0.4) is 0 Å². The molecule has 0 aliphatic carbocycles. The molecule has 0 radical (unpaired) electrons. The zero-order valence-electron chi connectivity index (χ0n) is 15.4. The Bertz CT molecular complexity index is 819. The molecular formula is C20H24N3O4+. The standard InChI is InChI=1S/C20H23N3O4/c1-25-17-4-2-3-16(12-17)23-9-7-22(8-10-23)13-20(24)21-15-5-6-18-19(11-15)27-14-26-18/h2-6,11-12H,7-10,13-14H2,1H3,(H,21,24)/p+1. The lowest BCUT2D eigenvalue weighted by atomic mass is 10.2. The molecule has 2 aromatic rings. The van der Waals surface area contributed by atoms with Crippen LogP contribution in [0.25, 0.3) is 0 Å². The monoisotopic (exact) mass is 370 g/mol. The number of hydrogen-bond acceptors (Lipinski definition) is 5. The number of piperazine rings is 1. The smallest absolute Gasteiger partial charge is 0.279 e. The minimum absolute atomic E-state index is 0.0127. The number of fused-ring (bicyclic) bond motifs is 1. The first-order valence-electron chi connectivity index (χ1n) is 9.13. The van der Waals surface area contributed by atoms with Crippen molar-refractivity contribution >= 4 is 17.3 Å². The molecule has 0 spiro atoms. The summed E-state index contributed by atoms with van der Waals surface area (Å²) in [6.45, 7) is 4.37. The summed E-state index contributed by atoms with van der Waals surface area (Å²) < 4.78 is 15.9. The molecule has 0 unspecified atom stereocenters. The number of rotatable bonds is 5. The van der Waals surface area contributed by atoms with Gasteiger partial charge < -0.3 is 29.3 Å². The average molecular weight is 370 g/mol. The van der Waals surface area contributed by atoms with Crippen molar-refractivity contribution in [3.8, 4) is 17.2 Å². The number of carbonyl (C=O) groups excluding carboxylic acids is 1. The summed E-state index contributed by atoms with van der Waals surface area (Å²) in [6, 6.07) is 13.6. The van der Waals surface area contributed by atoms with E-state index in [4.69, 9.17) is 14.2 Å². The molecule has 0 aromatic heterocycles. The van der Waals surface area contributed by atoms with Gasteiger partial charge in [-0.25, -0.2) is 0 Å². The second-order valence-corrected chi connectivity index (χ2v) is 6.73. The fraction of sp³-hybridized carbons (Fsp3) is 0.350. The van der Waals surface area contributed by atoms with Gasteiger partial charge in [-0.3, -0.25) is 4.79 Å². The van der Waals surface area contributed by atoms with Crippen molar-refractivity contribution in [1.29, 1.82) is 0 Å². The summed E-state index contributed by atoms with van der Waals surface area (Å²) in [5, 5.41) is 2.95. The predicted molar refractivity (Wildman–Crippen MR) is 102 cm³/mol. The van der Waals surface area contributed by atoms with Gasteiger partial charge in [-0.1, -0.05) is 6.07 Å². The molecule has 1 fully saturated rings. The van der Waals surface area contributed by atoms with Gasteiger partial charge in [0, 0.05) is 23.5 Å². The Hall–Kier alpha value is -2.93. The van der Waals surface area contributed by atoms with Crippen LogP contribution >= 0.6 is 0 Å². The molecular weight excluding hydrogens is 346 g/mol. The van der Waals surface area contributed by atoms with Crippen molar-refractivity contribution in [2.45, 2.75) is 0 Å². The number of hydrogen-bond donors (Lipinski definition) is 2. The zero-order chi connectivity index (χ0) is 18.6. The quantitative estimate of drug-likeness (QED) is 0.814. The van der Waals surface area contributed by atoms with Crippen molar-refractivity contribution in [2.75, 3.05) is 56.8 Å². The average Bonchev–Trinajstić information content (AvgIpc) is 3.16. The number of nitrogens with one attached hydrogen (secondary N) is 2. The van der Waals surface area contributed by atoms with E-state index in [1.54, 1.807) is 13.2 Å². The number of amides is 1. The Morgan fingerprint density at radius 1 is 1.15 bits per heavy atom. The summed E-state index contributed by atoms with van der Waals surface area (Å²) in [5.41, 5.74) is 1.90. The highest BCUT2D eigenvalue weighted by molar-refractivity contribution is 5.91. The molecule has 142 valence electrons. The Labute approximate surface area is 158 Å².